The number of carbonyl (C=O) groups excluding carboxylic acids is 1. The molecule has 0 aliphatic rings. The van der Waals surface area contributed by atoms with Crippen LogP contribution < -0.4 is 5.32 Å². The number of carbonyl (C=O) groups is 1. The third-order valence-corrected chi connectivity index (χ3v) is 3.77. The molecule has 0 fully saturated rings. The molecule has 1 aromatic carbocycles. The number of aryl methyl sites for hydroxylation is 1. The van der Waals surface area contributed by atoms with Crippen molar-refractivity contribution in [1.82, 2.24) is 19.6 Å². The standard InChI is InChI=1S/C17H13N5O/c1-11-6-7-18-15-4-2-12(8-14(11)15)17(23)20-13-3-5-16-21-19-10-22(16)9-13/h2-10H,1H3,(H,20,23). The molecule has 0 aliphatic heterocycles. The minimum atomic E-state index is -0.164. The monoisotopic (exact) mass is 303 g/mol. The van der Waals surface area contributed by atoms with E-state index < -0.39 is 0 Å². The lowest BCUT2D eigenvalue weighted by molar-refractivity contribution is 0.102. The molecule has 1 amide bonds. The van der Waals surface area contributed by atoms with Crippen molar-refractivity contribution in [1.29, 1.82) is 0 Å². The van der Waals surface area contributed by atoms with Gasteiger partial charge >= 0.3 is 0 Å². The largest absolute Gasteiger partial charge is 0.321 e. The molecule has 0 spiro atoms. The summed E-state index contributed by atoms with van der Waals surface area (Å²) in [6.45, 7) is 2.01. The third kappa shape index (κ3) is 2.40. The summed E-state index contributed by atoms with van der Waals surface area (Å²) in [5.41, 5.74) is 3.99. The predicted molar refractivity (Wildman–Crippen MR) is 87.4 cm³/mol. The minimum Gasteiger partial charge on any atom is -0.321 e. The Kier molecular flexibility index (Phi) is 3.01. The lowest BCUT2D eigenvalue weighted by Crippen LogP contribution is -2.12. The number of benzene rings is 1. The molecule has 112 valence electrons. The average Bonchev–Trinajstić information content (AvgIpc) is 3.02. The van der Waals surface area contributed by atoms with Crippen molar-refractivity contribution in [3.63, 3.8) is 0 Å². The number of pyridine rings is 2. The smallest absolute Gasteiger partial charge is 0.255 e. The van der Waals surface area contributed by atoms with Crippen molar-refractivity contribution >= 4 is 28.1 Å². The van der Waals surface area contributed by atoms with Crippen LogP contribution >= 0.6 is 0 Å². The second kappa shape index (κ2) is 5.17. The molecule has 6 heteroatoms. The van der Waals surface area contributed by atoms with Crippen LogP contribution in [0.15, 0.2) is 55.1 Å². The first-order valence-corrected chi connectivity index (χ1v) is 7.17. The Morgan fingerprint density at radius 3 is 3.00 bits per heavy atom. The molecule has 0 bridgehead atoms. The van der Waals surface area contributed by atoms with Crippen LogP contribution in [0.4, 0.5) is 5.69 Å². The second-order valence-corrected chi connectivity index (χ2v) is 5.33. The van der Waals surface area contributed by atoms with Gasteiger partial charge in [0.15, 0.2) is 5.65 Å². The summed E-state index contributed by atoms with van der Waals surface area (Å²) in [6, 6.07) is 11.0. The van der Waals surface area contributed by atoms with E-state index in [1.165, 1.54) is 0 Å². The Hall–Kier alpha value is -3.28. The molecular weight excluding hydrogens is 290 g/mol. The number of amides is 1. The first kappa shape index (κ1) is 13.4. The molecule has 3 aromatic heterocycles. The highest BCUT2D eigenvalue weighted by Crippen LogP contribution is 2.19. The predicted octanol–water partition coefficient (Wildman–Crippen LogP) is 2.84. The molecule has 0 unspecified atom stereocenters. The van der Waals surface area contributed by atoms with Gasteiger partial charge in [-0.3, -0.25) is 14.2 Å². The Labute approximate surface area is 131 Å². The summed E-state index contributed by atoms with van der Waals surface area (Å²) < 4.78 is 1.75. The summed E-state index contributed by atoms with van der Waals surface area (Å²) in [4.78, 5) is 16.8. The molecule has 0 saturated carbocycles. The molecule has 0 atom stereocenters. The highest BCUT2D eigenvalue weighted by Gasteiger charge is 2.09. The van der Waals surface area contributed by atoms with E-state index in [1.54, 1.807) is 41.3 Å². The molecule has 0 saturated heterocycles. The third-order valence-electron chi connectivity index (χ3n) is 3.77. The van der Waals surface area contributed by atoms with E-state index in [1.807, 2.05) is 25.1 Å². The molecule has 3 heterocycles. The van der Waals surface area contributed by atoms with Gasteiger partial charge in [-0.2, -0.15) is 0 Å². The van der Waals surface area contributed by atoms with Gasteiger partial charge in [-0.1, -0.05) is 0 Å². The van der Waals surface area contributed by atoms with Gasteiger partial charge in [0.1, 0.15) is 6.33 Å². The fraction of sp³-hybridized carbons (Fsp3) is 0.0588. The van der Waals surface area contributed by atoms with Gasteiger partial charge in [-0.05, 0) is 48.9 Å². The van der Waals surface area contributed by atoms with E-state index in [0.29, 0.717) is 11.3 Å². The molecule has 23 heavy (non-hydrogen) atoms. The topological polar surface area (TPSA) is 72.2 Å². The minimum absolute atomic E-state index is 0.164. The molecule has 0 aliphatic carbocycles. The maximum atomic E-state index is 12.5. The van der Waals surface area contributed by atoms with Crippen molar-refractivity contribution < 1.29 is 4.79 Å². The molecule has 4 rings (SSSR count). The van der Waals surface area contributed by atoms with Gasteiger partial charge in [0.2, 0.25) is 0 Å². The molecule has 1 N–H and O–H groups in total. The van der Waals surface area contributed by atoms with Crippen molar-refractivity contribution in [2.75, 3.05) is 5.32 Å². The SMILES string of the molecule is Cc1ccnc2ccc(C(=O)Nc3ccc4nncn4c3)cc12. The number of anilines is 1. The van der Waals surface area contributed by atoms with E-state index in [0.717, 1.165) is 22.1 Å². The van der Waals surface area contributed by atoms with E-state index in [4.69, 9.17) is 0 Å². The van der Waals surface area contributed by atoms with Crippen molar-refractivity contribution in [3.05, 3.63) is 66.2 Å². The fourth-order valence-corrected chi connectivity index (χ4v) is 2.53. The lowest BCUT2D eigenvalue weighted by Gasteiger charge is -2.07. The molecule has 6 nitrogen and oxygen atoms in total. The second-order valence-electron chi connectivity index (χ2n) is 5.33. The Morgan fingerprint density at radius 2 is 2.09 bits per heavy atom. The van der Waals surface area contributed by atoms with Crippen LogP contribution in [0.5, 0.6) is 0 Å². The number of aromatic nitrogens is 4. The van der Waals surface area contributed by atoms with Gasteiger partial charge in [0.25, 0.3) is 5.91 Å². The highest BCUT2D eigenvalue weighted by molar-refractivity contribution is 6.06. The maximum absolute atomic E-state index is 12.5. The molecule has 4 aromatic rings. The van der Waals surface area contributed by atoms with Crippen LogP contribution in [0.2, 0.25) is 0 Å². The number of hydrogen-bond acceptors (Lipinski definition) is 4. The molecule has 0 radical (unpaired) electrons. The van der Waals surface area contributed by atoms with Crippen LogP contribution in [0.25, 0.3) is 16.6 Å². The van der Waals surface area contributed by atoms with Gasteiger partial charge in [0.05, 0.1) is 11.2 Å². The van der Waals surface area contributed by atoms with Crippen LogP contribution in [-0.4, -0.2) is 25.5 Å². The number of fused-ring (bicyclic) bond motifs is 2. The summed E-state index contributed by atoms with van der Waals surface area (Å²) in [6.07, 6.45) is 5.14. The van der Waals surface area contributed by atoms with E-state index in [9.17, 15) is 4.79 Å². The number of hydrogen-bond donors (Lipinski definition) is 1. The highest BCUT2D eigenvalue weighted by atomic mass is 16.1. The van der Waals surface area contributed by atoms with Crippen molar-refractivity contribution in [2.24, 2.45) is 0 Å². The summed E-state index contributed by atoms with van der Waals surface area (Å²) in [5.74, 6) is -0.164. The quantitative estimate of drug-likeness (QED) is 0.618. The zero-order chi connectivity index (χ0) is 15.8. The van der Waals surface area contributed by atoms with Crippen molar-refractivity contribution in [3.8, 4) is 0 Å². The van der Waals surface area contributed by atoms with E-state index in [2.05, 4.69) is 20.5 Å². The van der Waals surface area contributed by atoms with E-state index >= 15 is 0 Å². The van der Waals surface area contributed by atoms with Crippen LogP contribution in [0.1, 0.15) is 15.9 Å². The fourth-order valence-electron chi connectivity index (χ4n) is 2.53. The number of nitrogens with one attached hydrogen (secondary N) is 1. The van der Waals surface area contributed by atoms with Crippen LogP contribution in [0, 0.1) is 6.92 Å². The van der Waals surface area contributed by atoms with Gasteiger partial charge in [0, 0.05) is 23.3 Å². The molecular formula is C17H13N5O. The summed E-state index contributed by atoms with van der Waals surface area (Å²) >= 11 is 0. The van der Waals surface area contributed by atoms with Crippen LogP contribution in [0.3, 0.4) is 0 Å². The average molecular weight is 303 g/mol. The Bertz CT molecular complexity index is 1040. The Balaban J connectivity index is 1.67. The number of rotatable bonds is 2. The van der Waals surface area contributed by atoms with Gasteiger partial charge in [-0.25, -0.2) is 0 Å². The normalized spacial score (nSPS) is 11.0. The number of nitrogens with zero attached hydrogens (tertiary/aromatic N) is 4. The first-order valence-electron chi connectivity index (χ1n) is 7.17. The Morgan fingerprint density at radius 1 is 1.17 bits per heavy atom. The zero-order valence-corrected chi connectivity index (χ0v) is 12.4. The lowest BCUT2D eigenvalue weighted by atomic mass is 10.1. The zero-order valence-electron chi connectivity index (χ0n) is 12.4. The maximum Gasteiger partial charge on any atom is 0.255 e. The summed E-state index contributed by atoms with van der Waals surface area (Å²) in [7, 11) is 0. The first-order chi connectivity index (χ1) is 11.2. The van der Waals surface area contributed by atoms with Crippen LogP contribution in [-0.2, 0) is 0 Å². The van der Waals surface area contributed by atoms with Gasteiger partial charge in [-0.15, -0.1) is 10.2 Å². The van der Waals surface area contributed by atoms with E-state index in [-0.39, 0.29) is 5.91 Å². The summed E-state index contributed by atoms with van der Waals surface area (Å²) in [5, 5.41) is 11.6. The van der Waals surface area contributed by atoms with Gasteiger partial charge < -0.3 is 5.32 Å². The van der Waals surface area contributed by atoms with Crippen molar-refractivity contribution in [2.45, 2.75) is 6.92 Å².